The molecule has 2 rings (SSSR count). The minimum absolute atomic E-state index is 0.151. The molecule has 3 nitrogen and oxygen atoms in total. The molecule has 0 spiro atoms. The van der Waals surface area contributed by atoms with Crippen molar-refractivity contribution in [1.82, 2.24) is 4.90 Å². The zero-order chi connectivity index (χ0) is 14.5. The Morgan fingerprint density at radius 1 is 1.15 bits per heavy atom. The quantitative estimate of drug-likeness (QED) is 0.878. The molecule has 0 heterocycles. The van der Waals surface area contributed by atoms with Crippen molar-refractivity contribution in [2.45, 2.75) is 26.5 Å². The summed E-state index contributed by atoms with van der Waals surface area (Å²) in [6.07, 6.45) is 0.151. The Kier molecular flexibility index (Phi) is 4.99. The highest BCUT2D eigenvalue weighted by molar-refractivity contribution is 5.87. The normalized spacial score (nSPS) is 11.5. The second kappa shape index (κ2) is 6.73. The highest BCUT2D eigenvalue weighted by atomic mass is 16.5. The van der Waals surface area contributed by atoms with E-state index >= 15 is 0 Å². The number of hydrogen-bond donors (Lipinski definition) is 1. The van der Waals surface area contributed by atoms with Crippen LogP contribution in [0.25, 0.3) is 10.8 Å². The van der Waals surface area contributed by atoms with Crippen LogP contribution in [0.4, 0.5) is 0 Å². The molecule has 0 aliphatic heterocycles. The molecule has 0 atom stereocenters. The van der Waals surface area contributed by atoms with Crippen LogP contribution < -0.4 is 4.74 Å². The number of rotatable bonds is 6. The number of benzene rings is 2. The molecule has 0 fully saturated rings. The second-order valence-electron chi connectivity index (χ2n) is 5.39. The minimum Gasteiger partial charge on any atom is -0.491 e. The number of ether oxygens (including phenoxy) is 1. The van der Waals surface area contributed by atoms with Gasteiger partial charge in [0.05, 0.1) is 12.7 Å². The fourth-order valence-corrected chi connectivity index (χ4v) is 2.36. The monoisotopic (exact) mass is 273 g/mol. The van der Waals surface area contributed by atoms with E-state index in [1.54, 1.807) is 0 Å². The fourth-order valence-electron chi connectivity index (χ4n) is 2.36. The Morgan fingerprint density at radius 3 is 2.60 bits per heavy atom. The third kappa shape index (κ3) is 3.50. The van der Waals surface area contributed by atoms with Crippen molar-refractivity contribution in [2.24, 2.45) is 0 Å². The highest BCUT2D eigenvalue weighted by Gasteiger charge is 2.12. The van der Waals surface area contributed by atoms with Crippen LogP contribution >= 0.6 is 0 Å². The maximum Gasteiger partial charge on any atom is 0.124 e. The maximum atomic E-state index is 9.07. The number of nitrogens with zero attached hydrogens (tertiary/aromatic N) is 1. The Bertz CT molecular complexity index is 566. The van der Waals surface area contributed by atoms with Crippen LogP contribution in [0.5, 0.6) is 5.75 Å². The SMILES string of the molecule is CC(C)Oc1ccc2ccccc2c1CN(C)CCO. The van der Waals surface area contributed by atoms with E-state index < -0.39 is 0 Å². The molecule has 0 radical (unpaired) electrons. The van der Waals surface area contributed by atoms with Crippen LogP contribution in [-0.2, 0) is 6.54 Å². The van der Waals surface area contributed by atoms with Crippen LogP contribution in [0, 0.1) is 0 Å². The molecule has 0 unspecified atom stereocenters. The van der Waals surface area contributed by atoms with Gasteiger partial charge in [-0.25, -0.2) is 0 Å². The second-order valence-corrected chi connectivity index (χ2v) is 5.39. The topological polar surface area (TPSA) is 32.7 Å². The average molecular weight is 273 g/mol. The van der Waals surface area contributed by atoms with Gasteiger partial charge in [-0.2, -0.15) is 0 Å². The predicted molar refractivity (Wildman–Crippen MR) is 83.1 cm³/mol. The summed E-state index contributed by atoms with van der Waals surface area (Å²) in [5, 5.41) is 11.5. The van der Waals surface area contributed by atoms with E-state index in [1.165, 1.54) is 16.3 Å². The molecule has 0 aliphatic carbocycles. The lowest BCUT2D eigenvalue weighted by atomic mass is 10.0. The van der Waals surface area contributed by atoms with E-state index in [9.17, 15) is 0 Å². The molecule has 0 amide bonds. The number of aliphatic hydroxyl groups excluding tert-OH is 1. The molecule has 0 saturated carbocycles. The van der Waals surface area contributed by atoms with Gasteiger partial charge >= 0.3 is 0 Å². The Morgan fingerprint density at radius 2 is 1.90 bits per heavy atom. The first-order valence-corrected chi connectivity index (χ1v) is 7.08. The smallest absolute Gasteiger partial charge is 0.124 e. The van der Waals surface area contributed by atoms with Crippen molar-refractivity contribution in [1.29, 1.82) is 0 Å². The third-order valence-corrected chi connectivity index (χ3v) is 3.27. The van der Waals surface area contributed by atoms with E-state index in [0.29, 0.717) is 6.54 Å². The molecule has 0 aliphatic rings. The van der Waals surface area contributed by atoms with Crippen molar-refractivity contribution in [3.05, 3.63) is 42.0 Å². The van der Waals surface area contributed by atoms with Gasteiger partial charge in [-0.3, -0.25) is 4.90 Å². The Hall–Kier alpha value is -1.58. The summed E-state index contributed by atoms with van der Waals surface area (Å²) in [7, 11) is 2.01. The summed E-state index contributed by atoms with van der Waals surface area (Å²) in [4.78, 5) is 2.11. The molecule has 20 heavy (non-hydrogen) atoms. The number of hydrogen-bond acceptors (Lipinski definition) is 3. The highest BCUT2D eigenvalue weighted by Crippen LogP contribution is 2.29. The van der Waals surface area contributed by atoms with Gasteiger partial charge in [-0.1, -0.05) is 30.3 Å². The van der Waals surface area contributed by atoms with E-state index in [1.807, 2.05) is 33.0 Å². The largest absolute Gasteiger partial charge is 0.491 e. The maximum absolute atomic E-state index is 9.07. The lowest BCUT2D eigenvalue weighted by Crippen LogP contribution is -2.22. The summed E-state index contributed by atoms with van der Waals surface area (Å²) in [6.45, 7) is 5.67. The van der Waals surface area contributed by atoms with Crippen molar-refractivity contribution >= 4 is 10.8 Å². The Balaban J connectivity index is 2.44. The van der Waals surface area contributed by atoms with Crippen molar-refractivity contribution < 1.29 is 9.84 Å². The van der Waals surface area contributed by atoms with Crippen molar-refractivity contribution in [3.63, 3.8) is 0 Å². The molecule has 108 valence electrons. The minimum atomic E-state index is 0.151. The molecular formula is C17H23NO2. The first-order valence-electron chi connectivity index (χ1n) is 7.08. The van der Waals surface area contributed by atoms with Gasteiger partial charge in [0.1, 0.15) is 5.75 Å². The molecule has 1 N–H and O–H groups in total. The zero-order valence-corrected chi connectivity index (χ0v) is 12.5. The summed E-state index contributed by atoms with van der Waals surface area (Å²) in [5.74, 6) is 0.934. The Labute approximate surface area is 120 Å². The van der Waals surface area contributed by atoms with Crippen molar-refractivity contribution in [2.75, 3.05) is 20.2 Å². The summed E-state index contributed by atoms with van der Waals surface area (Å²) in [6, 6.07) is 12.5. The van der Waals surface area contributed by atoms with Gasteiger partial charge in [0, 0.05) is 18.7 Å². The molecule has 2 aromatic carbocycles. The zero-order valence-electron chi connectivity index (χ0n) is 12.5. The molecule has 0 aromatic heterocycles. The van der Waals surface area contributed by atoms with E-state index in [2.05, 4.69) is 29.2 Å². The van der Waals surface area contributed by atoms with Gasteiger partial charge in [-0.05, 0) is 37.7 Å². The van der Waals surface area contributed by atoms with Gasteiger partial charge in [0.25, 0.3) is 0 Å². The summed E-state index contributed by atoms with van der Waals surface area (Å²) < 4.78 is 5.94. The molecular weight excluding hydrogens is 250 g/mol. The van der Waals surface area contributed by atoms with Crippen LogP contribution in [0.3, 0.4) is 0 Å². The summed E-state index contributed by atoms with van der Waals surface area (Å²) in [5.41, 5.74) is 1.19. The van der Waals surface area contributed by atoms with E-state index in [-0.39, 0.29) is 12.7 Å². The van der Waals surface area contributed by atoms with Crippen LogP contribution in [0.15, 0.2) is 36.4 Å². The van der Waals surface area contributed by atoms with Gasteiger partial charge in [0.15, 0.2) is 0 Å². The molecule has 0 bridgehead atoms. The van der Waals surface area contributed by atoms with Crippen LogP contribution in [0.1, 0.15) is 19.4 Å². The molecule has 0 saturated heterocycles. The van der Waals surface area contributed by atoms with Crippen LogP contribution in [0.2, 0.25) is 0 Å². The molecule has 2 aromatic rings. The average Bonchev–Trinajstić information content (AvgIpc) is 2.41. The lowest BCUT2D eigenvalue weighted by molar-refractivity contribution is 0.209. The predicted octanol–water partition coefficient (Wildman–Crippen LogP) is 3.05. The number of aliphatic hydroxyl groups is 1. The third-order valence-electron chi connectivity index (χ3n) is 3.27. The fraction of sp³-hybridized carbons (Fsp3) is 0.412. The van der Waals surface area contributed by atoms with Crippen LogP contribution in [-0.4, -0.2) is 36.3 Å². The van der Waals surface area contributed by atoms with E-state index in [4.69, 9.17) is 9.84 Å². The summed E-state index contributed by atoms with van der Waals surface area (Å²) >= 11 is 0. The van der Waals surface area contributed by atoms with Crippen molar-refractivity contribution in [3.8, 4) is 5.75 Å². The van der Waals surface area contributed by atoms with E-state index in [0.717, 1.165) is 12.3 Å². The lowest BCUT2D eigenvalue weighted by Gasteiger charge is -2.21. The first kappa shape index (κ1) is 14.8. The van der Waals surface area contributed by atoms with Gasteiger partial charge in [0.2, 0.25) is 0 Å². The first-order chi connectivity index (χ1) is 9.61. The number of likely N-dealkylation sites (N-methyl/N-ethyl adjacent to an activating group) is 1. The number of fused-ring (bicyclic) bond motifs is 1. The van der Waals surface area contributed by atoms with Gasteiger partial charge < -0.3 is 9.84 Å². The van der Waals surface area contributed by atoms with Gasteiger partial charge in [-0.15, -0.1) is 0 Å². The standard InChI is InChI=1S/C17H23NO2/c1-13(2)20-17-9-8-14-6-4-5-7-15(14)16(17)12-18(3)10-11-19/h4-9,13,19H,10-12H2,1-3H3. The molecule has 3 heteroatoms.